The van der Waals surface area contributed by atoms with E-state index in [0.29, 0.717) is 5.69 Å². The SMILES string of the molecule is COc1cc(N)cc(Nc2cc(Br)ccc2C)c1. The van der Waals surface area contributed by atoms with Gasteiger partial charge in [-0.25, -0.2) is 0 Å². The summed E-state index contributed by atoms with van der Waals surface area (Å²) in [6.45, 7) is 2.05. The molecule has 0 aliphatic heterocycles. The van der Waals surface area contributed by atoms with Gasteiger partial charge in [0, 0.05) is 33.7 Å². The Labute approximate surface area is 115 Å². The summed E-state index contributed by atoms with van der Waals surface area (Å²) in [6, 6.07) is 11.7. The van der Waals surface area contributed by atoms with Gasteiger partial charge in [-0.05, 0) is 30.7 Å². The third-order valence-electron chi connectivity index (χ3n) is 2.64. The summed E-state index contributed by atoms with van der Waals surface area (Å²) < 4.78 is 6.23. The molecule has 0 aliphatic rings. The lowest BCUT2D eigenvalue weighted by Crippen LogP contribution is -1.96. The van der Waals surface area contributed by atoms with Crippen LogP contribution in [0.5, 0.6) is 5.75 Å². The van der Waals surface area contributed by atoms with Crippen LogP contribution in [0.3, 0.4) is 0 Å². The average Bonchev–Trinajstić information content (AvgIpc) is 2.33. The van der Waals surface area contributed by atoms with Crippen molar-refractivity contribution >= 4 is 33.0 Å². The van der Waals surface area contributed by atoms with Gasteiger partial charge in [-0.15, -0.1) is 0 Å². The van der Waals surface area contributed by atoms with Gasteiger partial charge in [0.1, 0.15) is 5.75 Å². The zero-order chi connectivity index (χ0) is 13.1. The summed E-state index contributed by atoms with van der Waals surface area (Å²) in [6.07, 6.45) is 0. The van der Waals surface area contributed by atoms with Gasteiger partial charge in [0.05, 0.1) is 7.11 Å². The van der Waals surface area contributed by atoms with Crippen LogP contribution in [-0.2, 0) is 0 Å². The van der Waals surface area contributed by atoms with Gasteiger partial charge in [0.15, 0.2) is 0 Å². The predicted octanol–water partition coefficient (Wildman–Crippen LogP) is 4.09. The number of aryl methyl sites for hydroxylation is 1. The second-order valence-electron chi connectivity index (χ2n) is 4.08. The average molecular weight is 307 g/mol. The number of benzene rings is 2. The number of nitrogens with two attached hydrogens (primary N) is 1. The van der Waals surface area contributed by atoms with Gasteiger partial charge in [0.25, 0.3) is 0 Å². The smallest absolute Gasteiger partial charge is 0.122 e. The molecule has 0 fully saturated rings. The Kier molecular flexibility index (Phi) is 3.77. The van der Waals surface area contributed by atoms with Gasteiger partial charge >= 0.3 is 0 Å². The van der Waals surface area contributed by atoms with E-state index in [9.17, 15) is 0 Å². The van der Waals surface area contributed by atoms with Crippen LogP contribution in [0.15, 0.2) is 40.9 Å². The van der Waals surface area contributed by atoms with E-state index in [4.69, 9.17) is 10.5 Å². The van der Waals surface area contributed by atoms with Gasteiger partial charge in [-0.2, -0.15) is 0 Å². The van der Waals surface area contributed by atoms with E-state index in [2.05, 4.69) is 34.2 Å². The number of anilines is 3. The predicted molar refractivity (Wildman–Crippen MR) is 79.6 cm³/mol. The molecule has 2 aromatic rings. The van der Waals surface area contributed by atoms with E-state index >= 15 is 0 Å². The Balaban J connectivity index is 2.33. The zero-order valence-electron chi connectivity index (χ0n) is 10.3. The first-order chi connectivity index (χ1) is 8.58. The Hall–Kier alpha value is -1.68. The number of methoxy groups -OCH3 is 1. The number of nitrogen functional groups attached to an aromatic ring is 1. The van der Waals surface area contributed by atoms with E-state index in [1.807, 2.05) is 24.3 Å². The van der Waals surface area contributed by atoms with E-state index in [-0.39, 0.29) is 0 Å². The summed E-state index contributed by atoms with van der Waals surface area (Å²) >= 11 is 3.46. The van der Waals surface area contributed by atoms with Gasteiger partial charge < -0.3 is 15.8 Å². The molecule has 0 atom stereocenters. The van der Waals surface area contributed by atoms with E-state index in [1.165, 1.54) is 5.56 Å². The summed E-state index contributed by atoms with van der Waals surface area (Å²) in [5, 5.41) is 3.34. The largest absolute Gasteiger partial charge is 0.497 e. The Bertz CT molecular complexity index is 570. The van der Waals surface area contributed by atoms with Crippen molar-refractivity contribution in [1.29, 1.82) is 0 Å². The van der Waals surface area contributed by atoms with Crippen LogP contribution in [0.25, 0.3) is 0 Å². The van der Waals surface area contributed by atoms with Crippen LogP contribution in [0.1, 0.15) is 5.56 Å². The van der Waals surface area contributed by atoms with Crippen molar-refractivity contribution in [2.24, 2.45) is 0 Å². The highest BCUT2D eigenvalue weighted by Gasteiger charge is 2.03. The van der Waals surface area contributed by atoms with Crippen molar-refractivity contribution < 1.29 is 4.74 Å². The molecule has 0 saturated carbocycles. The van der Waals surface area contributed by atoms with Crippen LogP contribution >= 0.6 is 15.9 Å². The number of ether oxygens (including phenoxy) is 1. The first-order valence-electron chi connectivity index (χ1n) is 5.56. The molecule has 0 unspecified atom stereocenters. The van der Waals surface area contributed by atoms with Crippen LogP contribution in [0.4, 0.5) is 17.1 Å². The normalized spacial score (nSPS) is 10.2. The maximum atomic E-state index is 5.83. The molecular formula is C14H15BrN2O. The molecule has 0 saturated heterocycles. The Morgan fingerprint density at radius 1 is 1.17 bits per heavy atom. The molecule has 2 rings (SSSR count). The minimum Gasteiger partial charge on any atom is -0.497 e. The Morgan fingerprint density at radius 2 is 1.94 bits per heavy atom. The minimum absolute atomic E-state index is 0.671. The molecule has 0 aliphatic carbocycles. The van der Waals surface area contributed by atoms with Gasteiger partial charge in [-0.3, -0.25) is 0 Å². The first kappa shape index (κ1) is 12.8. The quantitative estimate of drug-likeness (QED) is 0.840. The number of hydrogen-bond acceptors (Lipinski definition) is 3. The lowest BCUT2D eigenvalue weighted by molar-refractivity contribution is 0.415. The fraction of sp³-hybridized carbons (Fsp3) is 0.143. The van der Waals surface area contributed by atoms with Crippen LogP contribution in [0, 0.1) is 6.92 Å². The van der Waals surface area contributed by atoms with Crippen molar-refractivity contribution in [2.75, 3.05) is 18.2 Å². The van der Waals surface area contributed by atoms with Crippen molar-refractivity contribution in [1.82, 2.24) is 0 Å². The molecule has 94 valence electrons. The fourth-order valence-corrected chi connectivity index (χ4v) is 2.06. The zero-order valence-corrected chi connectivity index (χ0v) is 11.9. The summed E-state index contributed by atoms with van der Waals surface area (Å²) in [4.78, 5) is 0. The standard InChI is InChI=1S/C14H15BrN2O/c1-9-3-4-10(15)5-14(9)17-12-6-11(16)7-13(8-12)18-2/h3-8,17H,16H2,1-2H3. The summed E-state index contributed by atoms with van der Waals surface area (Å²) in [5.74, 6) is 0.741. The minimum atomic E-state index is 0.671. The third kappa shape index (κ3) is 2.96. The van der Waals surface area contributed by atoms with Crippen LogP contribution in [-0.4, -0.2) is 7.11 Å². The number of rotatable bonds is 3. The fourth-order valence-electron chi connectivity index (χ4n) is 1.70. The summed E-state index contributed by atoms with van der Waals surface area (Å²) in [5.41, 5.74) is 9.61. The molecule has 0 heterocycles. The molecule has 2 aromatic carbocycles. The number of hydrogen-bond donors (Lipinski definition) is 2. The van der Waals surface area contributed by atoms with Crippen LogP contribution in [0.2, 0.25) is 0 Å². The van der Waals surface area contributed by atoms with Gasteiger partial charge in [-0.1, -0.05) is 22.0 Å². The highest BCUT2D eigenvalue weighted by molar-refractivity contribution is 9.10. The first-order valence-corrected chi connectivity index (χ1v) is 6.35. The van der Waals surface area contributed by atoms with Crippen LogP contribution < -0.4 is 15.8 Å². The molecular weight excluding hydrogens is 292 g/mol. The highest BCUT2D eigenvalue weighted by atomic mass is 79.9. The van der Waals surface area contributed by atoms with Crippen molar-refractivity contribution in [3.8, 4) is 5.75 Å². The molecule has 18 heavy (non-hydrogen) atoms. The second kappa shape index (κ2) is 5.31. The lowest BCUT2D eigenvalue weighted by Gasteiger charge is -2.12. The number of nitrogens with one attached hydrogen (secondary N) is 1. The van der Waals surface area contributed by atoms with E-state index in [0.717, 1.165) is 21.6 Å². The lowest BCUT2D eigenvalue weighted by atomic mass is 10.2. The third-order valence-corrected chi connectivity index (χ3v) is 3.14. The maximum Gasteiger partial charge on any atom is 0.122 e. The monoisotopic (exact) mass is 306 g/mol. The van der Waals surface area contributed by atoms with Crippen molar-refractivity contribution in [3.05, 3.63) is 46.4 Å². The molecule has 3 N–H and O–H groups in total. The van der Waals surface area contributed by atoms with Crippen molar-refractivity contribution in [3.63, 3.8) is 0 Å². The molecule has 0 bridgehead atoms. The van der Waals surface area contributed by atoms with Gasteiger partial charge in [0.2, 0.25) is 0 Å². The topological polar surface area (TPSA) is 47.3 Å². The molecule has 3 nitrogen and oxygen atoms in total. The van der Waals surface area contributed by atoms with E-state index in [1.54, 1.807) is 13.2 Å². The molecule has 0 amide bonds. The molecule has 0 radical (unpaired) electrons. The maximum absolute atomic E-state index is 5.83. The number of halogens is 1. The van der Waals surface area contributed by atoms with E-state index < -0.39 is 0 Å². The molecule has 0 spiro atoms. The summed E-state index contributed by atoms with van der Waals surface area (Å²) in [7, 11) is 1.63. The Morgan fingerprint density at radius 3 is 2.67 bits per heavy atom. The second-order valence-corrected chi connectivity index (χ2v) is 4.99. The molecule has 4 heteroatoms. The molecule has 0 aromatic heterocycles. The highest BCUT2D eigenvalue weighted by Crippen LogP contribution is 2.28. The van der Waals surface area contributed by atoms with Crippen molar-refractivity contribution in [2.45, 2.75) is 6.92 Å².